The number of hydrazone groups is 1. The van der Waals surface area contributed by atoms with Crippen molar-refractivity contribution in [3.05, 3.63) is 59.9 Å². The highest BCUT2D eigenvalue weighted by molar-refractivity contribution is 6.00. The van der Waals surface area contributed by atoms with Crippen LogP contribution in [0.2, 0.25) is 0 Å². The van der Waals surface area contributed by atoms with Gasteiger partial charge in [0.2, 0.25) is 11.8 Å². The number of rotatable bonds is 8. The first kappa shape index (κ1) is 20.5. The normalized spacial score (nSPS) is 16.4. The van der Waals surface area contributed by atoms with Crippen molar-refractivity contribution >= 4 is 23.7 Å². The van der Waals surface area contributed by atoms with E-state index in [1.165, 1.54) is 29.2 Å². The number of amides is 2. The van der Waals surface area contributed by atoms with E-state index >= 15 is 0 Å². The third kappa shape index (κ3) is 5.63. The molecule has 3 rings (SSSR count). The van der Waals surface area contributed by atoms with Crippen LogP contribution in [0.1, 0.15) is 31.7 Å². The molecule has 29 heavy (non-hydrogen) atoms. The quantitative estimate of drug-likeness (QED) is 0.421. The fourth-order valence-electron chi connectivity index (χ4n) is 3.00. The molecular weight excluding hydrogens is 373 g/mol. The zero-order chi connectivity index (χ0) is 20.6. The van der Waals surface area contributed by atoms with Gasteiger partial charge in [-0.3, -0.25) is 9.59 Å². The molecule has 2 amide bonds. The van der Waals surface area contributed by atoms with Crippen LogP contribution in [0.3, 0.4) is 0 Å². The first-order valence-electron chi connectivity index (χ1n) is 9.68. The van der Waals surface area contributed by atoms with E-state index in [0.29, 0.717) is 12.3 Å². The van der Waals surface area contributed by atoms with Gasteiger partial charge in [0.05, 0.1) is 18.7 Å². The number of halogens is 1. The van der Waals surface area contributed by atoms with Crippen molar-refractivity contribution in [2.45, 2.75) is 26.2 Å². The molecule has 1 N–H and O–H groups in total. The van der Waals surface area contributed by atoms with Crippen molar-refractivity contribution in [1.29, 1.82) is 0 Å². The molecule has 1 saturated heterocycles. The van der Waals surface area contributed by atoms with E-state index in [1.807, 2.05) is 24.3 Å². The van der Waals surface area contributed by atoms with Crippen LogP contribution in [0, 0.1) is 11.7 Å². The molecule has 6 nitrogen and oxygen atoms in total. The maximum Gasteiger partial charge on any atom is 0.245 e. The number of nitrogens with zero attached hydrogens (tertiary/aromatic N) is 2. The number of hydrogen-bond donors (Lipinski definition) is 1. The Morgan fingerprint density at radius 2 is 1.97 bits per heavy atom. The number of carbonyl (C=O) groups is 2. The summed E-state index contributed by atoms with van der Waals surface area (Å²) >= 11 is 0. The van der Waals surface area contributed by atoms with Crippen LogP contribution in [0.25, 0.3) is 0 Å². The van der Waals surface area contributed by atoms with Crippen molar-refractivity contribution in [3.8, 4) is 5.75 Å². The highest BCUT2D eigenvalue weighted by atomic mass is 19.1. The van der Waals surface area contributed by atoms with Crippen LogP contribution in [-0.2, 0) is 9.59 Å². The fraction of sp³-hybridized carbons (Fsp3) is 0.318. The summed E-state index contributed by atoms with van der Waals surface area (Å²) in [6.45, 7) is 3.05. The minimum Gasteiger partial charge on any atom is -0.494 e. The molecule has 0 radical (unpaired) electrons. The number of unbranched alkanes of at least 4 members (excludes halogenated alkanes) is 1. The van der Waals surface area contributed by atoms with E-state index in [-0.39, 0.29) is 30.6 Å². The van der Waals surface area contributed by atoms with Gasteiger partial charge in [0.25, 0.3) is 0 Å². The predicted octanol–water partition coefficient (Wildman–Crippen LogP) is 3.51. The molecule has 2 aromatic rings. The minimum atomic E-state index is -0.501. The lowest BCUT2D eigenvalue weighted by Gasteiger charge is -2.16. The minimum absolute atomic E-state index is 0.0997. The molecule has 152 valence electrons. The van der Waals surface area contributed by atoms with Crippen molar-refractivity contribution in [1.82, 2.24) is 5.43 Å². The summed E-state index contributed by atoms with van der Waals surface area (Å²) in [6, 6.07) is 13.1. The monoisotopic (exact) mass is 397 g/mol. The van der Waals surface area contributed by atoms with Crippen LogP contribution in [0.4, 0.5) is 10.1 Å². The average Bonchev–Trinajstić information content (AvgIpc) is 3.12. The maximum absolute atomic E-state index is 13.1. The maximum atomic E-state index is 13.1. The summed E-state index contributed by atoms with van der Waals surface area (Å²) in [7, 11) is 0. The second-order valence-electron chi connectivity index (χ2n) is 6.89. The fourth-order valence-corrected chi connectivity index (χ4v) is 3.00. The molecule has 2 aromatic carbocycles. The Morgan fingerprint density at radius 3 is 2.66 bits per heavy atom. The lowest BCUT2D eigenvalue weighted by Crippen LogP contribution is -2.30. The first-order chi connectivity index (χ1) is 14.1. The molecule has 0 unspecified atom stereocenters. The van der Waals surface area contributed by atoms with Crippen LogP contribution >= 0.6 is 0 Å². The average molecular weight is 397 g/mol. The van der Waals surface area contributed by atoms with Gasteiger partial charge in [-0.05, 0) is 60.5 Å². The second kappa shape index (κ2) is 9.82. The lowest BCUT2D eigenvalue weighted by molar-refractivity contribution is -0.126. The number of benzene rings is 2. The summed E-state index contributed by atoms with van der Waals surface area (Å²) in [5.41, 5.74) is 3.89. The van der Waals surface area contributed by atoms with Gasteiger partial charge in [0.1, 0.15) is 11.6 Å². The molecule has 7 heteroatoms. The summed E-state index contributed by atoms with van der Waals surface area (Å²) in [5.74, 6) is -0.563. The molecular formula is C22H24FN3O3. The molecule has 1 atom stereocenters. The number of anilines is 1. The van der Waals surface area contributed by atoms with Gasteiger partial charge in [-0.25, -0.2) is 9.82 Å². The predicted molar refractivity (Wildman–Crippen MR) is 109 cm³/mol. The van der Waals surface area contributed by atoms with Crippen LogP contribution in [0.5, 0.6) is 5.75 Å². The Hall–Kier alpha value is -3.22. The van der Waals surface area contributed by atoms with Crippen LogP contribution in [0.15, 0.2) is 53.6 Å². The second-order valence-corrected chi connectivity index (χ2v) is 6.89. The number of carbonyl (C=O) groups excluding carboxylic acids is 2. The SMILES string of the molecule is CCCCOc1ccc(/C=N\NC(=O)[C@@H]2CC(=O)N(c3ccc(F)cc3)C2)cc1. The zero-order valence-electron chi connectivity index (χ0n) is 16.3. The molecule has 1 heterocycles. The number of hydrogen-bond acceptors (Lipinski definition) is 4. The van der Waals surface area contributed by atoms with Gasteiger partial charge in [0, 0.05) is 18.7 Å². The smallest absolute Gasteiger partial charge is 0.245 e. The Kier molecular flexibility index (Phi) is 6.94. The van der Waals surface area contributed by atoms with Crippen LogP contribution < -0.4 is 15.1 Å². The summed E-state index contributed by atoms with van der Waals surface area (Å²) in [5, 5.41) is 3.98. The molecule has 0 saturated carbocycles. The van der Waals surface area contributed by atoms with Crippen molar-refractivity contribution in [3.63, 3.8) is 0 Å². The molecule has 0 aliphatic carbocycles. The van der Waals surface area contributed by atoms with E-state index in [4.69, 9.17) is 4.74 Å². The zero-order valence-corrected chi connectivity index (χ0v) is 16.3. The van der Waals surface area contributed by atoms with Gasteiger partial charge in [-0.2, -0.15) is 5.10 Å². The highest BCUT2D eigenvalue weighted by Gasteiger charge is 2.35. The van der Waals surface area contributed by atoms with E-state index in [1.54, 1.807) is 6.21 Å². The van der Waals surface area contributed by atoms with E-state index in [0.717, 1.165) is 24.2 Å². The highest BCUT2D eigenvalue weighted by Crippen LogP contribution is 2.25. The third-order valence-corrected chi connectivity index (χ3v) is 4.67. The Labute approximate surface area is 169 Å². The largest absolute Gasteiger partial charge is 0.494 e. The van der Waals surface area contributed by atoms with E-state index in [9.17, 15) is 14.0 Å². The van der Waals surface area contributed by atoms with Gasteiger partial charge in [0.15, 0.2) is 0 Å². The Bertz CT molecular complexity index is 866. The van der Waals surface area contributed by atoms with Crippen molar-refractivity contribution in [2.75, 3.05) is 18.1 Å². The third-order valence-electron chi connectivity index (χ3n) is 4.67. The van der Waals surface area contributed by atoms with Crippen molar-refractivity contribution < 1.29 is 18.7 Å². The number of ether oxygens (including phenoxy) is 1. The topological polar surface area (TPSA) is 71.0 Å². The Morgan fingerprint density at radius 1 is 1.24 bits per heavy atom. The first-order valence-corrected chi connectivity index (χ1v) is 9.68. The van der Waals surface area contributed by atoms with Gasteiger partial charge >= 0.3 is 0 Å². The summed E-state index contributed by atoms with van der Waals surface area (Å²) < 4.78 is 18.7. The lowest BCUT2D eigenvalue weighted by atomic mass is 10.1. The summed E-state index contributed by atoms with van der Waals surface area (Å²) in [4.78, 5) is 26.0. The molecule has 0 aromatic heterocycles. The van der Waals surface area contributed by atoms with Crippen LogP contribution in [-0.4, -0.2) is 31.2 Å². The van der Waals surface area contributed by atoms with Gasteiger partial charge in [-0.1, -0.05) is 13.3 Å². The number of nitrogens with one attached hydrogen (secondary N) is 1. The molecule has 1 aliphatic heterocycles. The van der Waals surface area contributed by atoms with Gasteiger partial charge in [-0.15, -0.1) is 0 Å². The summed E-state index contributed by atoms with van der Waals surface area (Å²) in [6.07, 6.45) is 3.74. The standard InChI is InChI=1S/C22H24FN3O3/c1-2-3-12-29-20-10-4-16(5-11-20)14-24-25-22(28)17-13-21(27)26(15-17)19-8-6-18(23)7-9-19/h4-11,14,17H,2-3,12-13,15H2,1H3,(H,25,28)/b24-14-/t17-/m1/s1. The van der Waals surface area contributed by atoms with E-state index in [2.05, 4.69) is 17.5 Å². The van der Waals surface area contributed by atoms with Gasteiger partial charge < -0.3 is 9.64 Å². The molecule has 1 aliphatic rings. The molecule has 0 spiro atoms. The van der Waals surface area contributed by atoms with E-state index < -0.39 is 5.92 Å². The molecule has 1 fully saturated rings. The van der Waals surface area contributed by atoms with Crippen molar-refractivity contribution in [2.24, 2.45) is 11.0 Å². The Balaban J connectivity index is 1.50. The molecule has 0 bridgehead atoms.